The lowest BCUT2D eigenvalue weighted by molar-refractivity contribution is -0.133. The van der Waals surface area contributed by atoms with Crippen molar-refractivity contribution in [2.24, 2.45) is 0 Å². The molecule has 1 aromatic heterocycles. The molecule has 3 N–H and O–H groups in total. The van der Waals surface area contributed by atoms with Gasteiger partial charge >= 0.3 is 5.97 Å². The summed E-state index contributed by atoms with van der Waals surface area (Å²) in [5.74, 6) is -0.777. The van der Waals surface area contributed by atoms with Crippen molar-refractivity contribution in [3.63, 3.8) is 0 Å². The maximum atomic E-state index is 12.1. The number of aliphatic carboxylic acids is 1. The zero-order valence-corrected chi connectivity index (χ0v) is 15.1. The Morgan fingerprint density at radius 1 is 1.24 bits per heavy atom. The van der Waals surface area contributed by atoms with E-state index in [0.717, 1.165) is 23.6 Å². The number of anilines is 1. The number of nitrogen functional groups attached to an aromatic ring is 1. The molecule has 0 aliphatic carbocycles. The quantitative estimate of drug-likeness (QED) is 0.515. The average molecular weight is 382 g/mol. The molecule has 1 aromatic carbocycles. The number of carboxylic acids is 1. The van der Waals surface area contributed by atoms with Crippen molar-refractivity contribution in [1.29, 1.82) is 0 Å². The van der Waals surface area contributed by atoms with Crippen LogP contribution in [0, 0.1) is 0 Å². The third kappa shape index (κ3) is 6.33. The van der Waals surface area contributed by atoms with Crippen molar-refractivity contribution >= 4 is 33.6 Å². The zero-order chi connectivity index (χ0) is 18.4. The second-order valence-corrected chi connectivity index (χ2v) is 8.22. The van der Waals surface area contributed by atoms with Gasteiger partial charge in [-0.2, -0.15) is 4.31 Å². The minimum Gasteiger partial charge on any atom is -0.481 e. The first-order valence-corrected chi connectivity index (χ1v) is 10.0. The first-order chi connectivity index (χ1) is 11.7. The van der Waals surface area contributed by atoms with Crippen molar-refractivity contribution in [1.82, 2.24) is 14.3 Å². The summed E-state index contributed by atoms with van der Waals surface area (Å²) in [5.41, 5.74) is 6.55. The number of hydrogen-bond acceptors (Lipinski definition) is 7. The van der Waals surface area contributed by atoms with Crippen molar-refractivity contribution in [3.8, 4) is 0 Å². The van der Waals surface area contributed by atoms with E-state index in [9.17, 15) is 13.2 Å². The van der Waals surface area contributed by atoms with Gasteiger partial charge in [-0.15, -0.1) is 0 Å². The van der Waals surface area contributed by atoms with Crippen LogP contribution in [0.15, 0.2) is 41.4 Å². The molecule has 0 unspecified atom stereocenters. The first-order valence-electron chi connectivity index (χ1n) is 7.21. The molecule has 2 aromatic rings. The fraction of sp³-hybridized carbons (Fsp3) is 0.267. The summed E-state index contributed by atoms with van der Waals surface area (Å²) in [6, 6.07) is 10.6. The molecule has 8 nitrogen and oxygen atoms in total. The highest BCUT2D eigenvalue weighted by molar-refractivity contribution is 7.99. The van der Waals surface area contributed by atoms with Crippen LogP contribution in [0.5, 0.6) is 0 Å². The Labute approximate surface area is 150 Å². The molecule has 1 heterocycles. The monoisotopic (exact) mass is 382 g/mol. The van der Waals surface area contributed by atoms with E-state index >= 15 is 0 Å². The molecule has 0 atom stereocenters. The summed E-state index contributed by atoms with van der Waals surface area (Å²) in [4.78, 5) is 18.9. The molecular formula is C15H18N4O4S2. The standard InChI is InChI=1S/C15H18N4O4S2/c1-25(22,23)19(8-11-5-3-2-4-6-11)9-13-17-12(16)7-14(18-13)24-10-15(20)21/h2-7H,8-10H2,1H3,(H,20,21)(H2,16,17,18). The highest BCUT2D eigenvalue weighted by Gasteiger charge is 2.19. The maximum Gasteiger partial charge on any atom is 0.313 e. The van der Waals surface area contributed by atoms with Gasteiger partial charge in [0.25, 0.3) is 0 Å². The molecule has 0 bridgehead atoms. The largest absolute Gasteiger partial charge is 0.481 e. The van der Waals surface area contributed by atoms with Gasteiger partial charge in [-0.25, -0.2) is 18.4 Å². The Hall–Kier alpha value is -2.17. The van der Waals surface area contributed by atoms with Gasteiger partial charge in [-0.05, 0) is 5.56 Å². The Morgan fingerprint density at radius 3 is 2.52 bits per heavy atom. The predicted molar refractivity (Wildman–Crippen MR) is 95.3 cm³/mol. The van der Waals surface area contributed by atoms with Gasteiger partial charge in [0.05, 0.1) is 18.6 Å². The van der Waals surface area contributed by atoms with Crippen LogP contribution in [0.2, 0.25) is 0 Å². The minimum absolute atomic E-state index is 0.0562. The molecule has 0 radical (unpaired) electrons. The fourth-order valence-electron chi connectivity index (χ4n) is 2.01. The number of carboxylic acid groups (broad SMARTS) is 1. The van der Waals surface area contributed by atoms with Crippen LogP contribution >= 0.6 is 11.8 Å². The molecule has 0 spiro atoms. The van der Waals surface area contributed by atoms with Crippen molar-refractivity contribution in [2.75, 3.05) is 17.7 Å². The van der Waals surface area contributed by atoms with Crippen LogP contribution in [0.4, 0.5) is 5.82 Å². The van der Waals surface area contributed by atoms with Gasteiger partial charge in [0.2, 0.25) is 10.0 Å². The van der Waals surface area contributed by atoms with E-state index in [0.29, 0.717) is 5.03 Å². The molecule has 25 heavy (non-hydrogen) atoms. The van der Waals surface area contributed by atoms with E-state index in [2.05, 4.69) is 9.97 Å². The van der Waals surface area contributed by atoms with Crippen LogP contribution in [-0.2, 0) is 27.9 Å². The van der Waals surface area contributed by atoms with E-state index in [1.807, 2.05) is 30.3 Å². The van der Waals surface area contributed by atoms with Crippen molar-refractivity contribution in [2.45, 2.75) is 18.1 Å². The number of carbonyl (C=O) groups is 1. The number of rotatable bonds is 8. The Kier molecular flexibility index (Phi) is 6.34. The van der Waals surface area contributed by atoms with Gasteiger partial charge in [-0.1, -0.05) is 42.1 Å². The van der Waals surface area contributed by atoms with E-state index in [1.54, 1.807) is 0 Å². The molecule has 0 saturated heterocycles. The Balaban J connectivity index is 2.22. The summed E-state index contributed by atoms with van der Waals surface area (Å²) in [6.45, 7) is 0.120. The molecule has 134 valence electrons. The van der Waals surface area contributed by atoms with E-state index in [4.69, 9.17) is 10.8 Å². The summed E-state index contributed by atoms with van der Waals surface area (Å²) in [6.07, 6.45) is 1.11. The number of thioether (sulfide) groups is 1. The second kappa shape index (κ2) is 8.28. The number of nitrogens with two attached hydrogens (primary N) is 1. The molecule has 0 saturated carbocycles. The van der Waals surface area contributed by atoms with Crippen LogP contribution in [0.25, 0.3) is 0 Å². The van der Waals surface area contributed by atoms with Gasteiger partial charge in [0, 0.05) is 12.6 Å². The third-order valence-electron chi connectivity index (χ3n) is 3.10. The third-order valence-corrected chi connectivity index (χ3v) is 5.19. The number of aromatic nitrogens is 2. The predicted octanol–water partition coefficient (Wildman–Crippen LogP) is 1.20. The normalized spacial score (nSPS) is 11.6. The molecule has 0 aliphatic heterocycles. The van der Waals surface area contributed by atoms with Crippen LogP contribution < -0.4 is 5.73 Å². The minimum atomic E-state index is -3.50. The van der Waals surface area contributed by atoms with Gasteiger partial charge in [0.15, 0.2) is 0 Å². The lowest BCUT2D eigenvalue weighted by Crippen LogP contribution is -2.30. The number of hydrogen-bond donors (Lipinski definition) is 2. The highest BCUT2D eigenvalue weighted by Crippen LogP contribution is 2.19. The number of nitrogens with zero attached hydrogens (tertiary/aromatic N) is 3. The lowest BCUT2D eigenvalue weighted by atomic mass is 10.2. The maximum absolute atomic E-state index is 12.1. The Morgan fingerprint density at radius 2 is 1.92 bits per heavy atom. The van der Waals surface area contributed by atoms with Gasteiger partial charge in [-0.3, -0.25) is 4.79 Å². The molecular weight excluding hydrogens is 364 g/mol. The summed E-state index contributed by atoms with van der Waals surface area (Å²) >= 11 is 0.997. The SMILES string of the molecule is CS(=O)(=O)N(Cc1ccccc1)Cc1nc(N)cc(SCC(=O)O)n1. The lowest BCUT2D eigenvalue weighted by Gasteiger charge is -2.19. The summed E-state index contributed by atoms with van der Waals surface area (Å²) in [7, 11) is -3.50. The van der Waals surface area contributed by atoms with E-state index in [1.165, 1.54) is 10.4 Å². The van der Waals surface area contributed by atoms with Crippen molar-refractivity contribution in [3.05, 3.63) is 47.8 Å². The van der Waals surface area contributed by atoms with Gasteiger partial charge < -0.3 is 10.8 Å². The highest BCUT2D eigenvalue weighted by atomic mass is 32.2. The Bertz CT molecular complexity index is 844. The molecule has 2 rings (SSSR count). The smallest absolute Gasteiger partial charge is 0.313 e. The first kappa shape index (κ1) is 19.2. The van der Waals surface area contributed by atoms with E-state index < -0.39 is 16.0 Å². The molecule has 0 aliphatic rings. The molecule has 10 heteroatoms. The van der Waals surface area contributed by atoms with Gasteiger partial charge in [0.1, 0.15) is 16.7 Å². The second-order valence-electron chi connectivity index (χ2n) is 5.25. The number of sulfonamides is 1. The fourth-order valence-corrected chi connectivity index (χ4v) is 3.39. The van der Waals surface area contributed by atoms with Crippen LogP contribution in [-0.4, -0.2) is 45.8 Å². The summed E-state index contributed by atoms with van der Waals surface area (Å²) < 4.78 is 25.4. The van der Waals surface area contributed by atoms with Crippen LogP contribution in [0.1, 0.15) is 11.4 Å². The number of benzene rings is 1. The van der Waals surface area contributed by atoms with E-state index in [-0.39, 0.29) is 30.5 Å². The molecule has 0 fully saturated rings. The van der Waals surface area contributed by atoms with Crippen LogP contribution in [0.3, 0.4) is 0 Å². The van der Waals surface area contributed by atoms with Crippen molar-refractivity contribution < 1.29 is 18.3 Å². The topological polar surface area (TPSA) is 126 Å². The zero-order valence-electron chi connectivity index (χ0n) is 13.5. The average Bonchev–Trinajstić information content (AvgIpc) is 2.52. The summed E-state index contributed by atoms with van der Waals surface area (Å²) in [5, 5.41) is 9.13. The molecule has 0 amide bonds.